The molecule has 2 rings (SSSR count). The summed E-state index contributed by atoms with van der Waals surface area (Å²) in [6, 6.07) is 8.92. The van der Waals surface area contributed by atoms with Gasteiger partial charge in [-0.25, -0.2) is 0 Å². The first kappa shape index (κ1) is 13.2. The number of halogens is 2. The Kier molecular flexibility index (Phi) is 4.47. The van der Waals surface area contributed by atoms with Gasteiger partial charge >= 0.3 is 0 Å². The lowest BCUT2D eigenvalue weighted by molar-refractivity contribution is 0.503. The SMILES string of the molecule is S=C(NCc1ccco1)Nc1ccc(Cl)c(Cl)c1. The molecule has 0 radical (unpaired) electrons. The van der Waals surface area contributed by atoms with Gasteiger partial charge in [0.2, 0.25) is 0 Å². The maximum Gasteiger partial charge on any atom is 0.171 e. The first-order valence-electron chi connectivity index (χ1n) is 5.17. The highest BCUT2D eigenvalue weighted by Gasteiger charge is 2.02. The number of benzene rings is 1. The topological polar surface area (TPSA) is 37.2 Å². The number of hydrogen-bond acceptors (Lipinski definition) is 2. The average molecular weight is 301 g/mol. The van der Waals surface area contributed by atoms with E-state index in [4.69, 9.17) is 39.8 Å². The molecule has 94 valence electrons. The summed E-state index contributed by atoms with van der Waals surface area (Å²) < 4.78 is 5.18. The van der Waals surface area contributed by atoms with Gasteiger partial charge in [0.25, 0.3) is 0 Å². The van der Waals surface area contributed by atoms with E-state index < -0.39 is 0 Å². The van der Waals surface area contributed by atoms with Crippen LogP contribution >= 0.6 is 35.4 Å². The minimum absolute atomic E-state index is 0.482. The molecule has 0 spiro atoms. The van der Waals surface area contributed by atoms with Crippen molar-refractivity contribution in [3.05, 3.63) is 52.4 Å². The zero-order chi connectivity index (χ0) is 13.0. The van der Waals surface area contributed by atoms with Gasteiger partial charge in [-0.2, -0.15) is 0 Å². The molecule has 0 atom stereocenters. The fraction of sp³-hybridized carbons (Fsp3) is 0.0833. The number of thiocarbonyl (C=S) groups is 1. The van der Waals surface area contributed by atoms with Gasteiger partial charge in [-0.1, -0.05) is 23.2 Å². The number of hydrogen-bond donors (Lipinski definition) is 2. The Hall–Kier alpha value is -1.23. The fourth-order valence-electron chi connectivity index (χ4n) is 1.33. The monoisotopic (exact) mass is 300 g/mol. The van der Waals surface area contributed by atoms with Gasteiger partial charge < -0.3 is 15.1 Å². The molecule has 0 bridgehead atoms. The highest BCUT2D eigenvalue weighted by atomic mass is 35.5. The second-order valence-electron chi connectivity index (χ2n) is 3.52. The molecular weight excluding hydrogens is 291 g/mol. The molecule has 0 aliphatic carbocycles. The van der Waals surface area contributed by atoms with E-state index in [1.807, 2.05) is 12.1 Å². The minimum atomic E-state index is 0.482. The Bertz CT molecular complexity index is 543. The van der Waals surface area contributed by atoms with Gasteiger partial charge in [0.15, 0.2) is 5.11 Å². The normalized spacial score (nSPS) is 10.1. The lowest BCUT2D eigenvalue weighted by Gasteiger charge is -2.10. The summed E-state index contributed by atoms with van der Waals surface area (Å²) in [5.74, 6) is 0.813. The molecule has 0 unspecified atom stereocenters. The molecule has 1 aromatic carbocycles. The molecule has 18 heavy (non-hydrogen) atoms. The average Bonchev–Trinajstić information content (AvgIpc) is 2.84. The Balaban J connectivity index is 1.88. The van der Waals surface area contributed by atoms with Gasteiger partial charge in [0.1, 0.15) is 5.76 Å². The van der Waals surface area contributed by atoms with Crippen molar-refractivity contribution in [2.24, 2.45) is 0 Å². The van der Waals surface area contributed by atoms with Gasteiger partial charge in [0, 0.05) is 5.69 Å². The fourth-order valence-corrected chi connectivity index (χ4v) is 1.82. The quantitative estimate of drug-likeness (QED) is 0.838. The van der Waals surface area contributed by atoms with Crippen molar-refractivity contribution in [1.29, 1.82) is 0 Å². The molecule has 3 nitrogen and oxygen atoms in total. The third-order valence-corrected chi connectivity index (χ3v) is 3.17. The van der Waals surface area contributed by atoms with Gasteiger partial charge in [-0.3, -0.25) is 0 Å². The van der Waals surface area contributed by atoms with E-state index in [0.29, 0.717) is 21.7 Å². The van der Waals surface area contributed by atoms with Gasteiger partial charge in [-0.15, -0.1) is 0 Å². The lowest BCUT2D eigenvalue weighted by Crippen LogP contribution is -2.27. The van der Waals surface area contributed by atoms with E-state index in [0.717, 1.165) is 11.4 Å². The van der Waals surface area contributed by atoms with Crippen LogP contribution in [-0.2, 0) is 6.54 Å². The van der Waals surface area contributed by atoms with Crippen LogP contribution in [0.25, 0.3) is 0 Å². The summed E-state index contributed by atoms with van der Waals surface area (Å²) >= 11 is 16.9. The minimum Gasteiger partial charge on any atom is -0.467 e. The number of nitrogens with one attached hydrogen (secondary N) is 2. The van der Waals surface area contributed by atoms with E-state index in [-0.39, 0.29) is 0 Å². The van der Waals surface area contributed by atoms with Crippen molar-refractivity contribution in [3.8, 4) is 0 Å². The Morgan fingerprint density at radius 1 is 1.22 bits per heavy atom. The Morgan fingerprint density at radius 2 is 2.06 bits per heavy atom. The van der Waals surface area contributed by atoms with E-state index in [9.17, 15) is 0 Å². The van der Waals surface area contributed by atoms with Crippen LogP contribution in [-0.4, -0.2) is 5.11 Å². The molecule has 0 fully saturated rings. The van der Waals surface area contributed by atoms with Crippen molar-refractivity contribution in [1.82, 2.24) is 5.32 Å². The highest BCUT2D eigenvalue weighted by molar-refractivity contribution is 7.80. The molecule has 1 heterocycles. The molecule has 2 N–H and O–H groups in total. The summed E-state index contributed by atoms with van der Waals surface area (Å²) in [7, 11) is 0. The summed E-state index contributed by atoms with van der Waals surface area (Å²) in [5.41, 5.74) is 0.779. The first-order valence-corrected chi connectivity index (χ1v) is 6.34. The molecule has 0 aliphatic heterocycles. The van der Waals surface area contributed by atoms with Crippen molar-refractivity contribution >= 4 is 46.2 Å². The summed E-state index contributed by atoms with van der Waals surface area (Å²) in [5, 5.41) is 7.51. The summed E-state index contributed by atoms with van der Waals surface area (Å²) in [4.78, 5) is 0. The van der Waals surface area contributed by atoms with Crippen LogP contribution in [0, 0.1) is 0 Å². The van der Waals surface area contributed by atoms with Crippen LogP contribution < -0.4 is 10.6 Å². The Labute approximate surface area is 120 Å². The van der Waals surface area contributed by atoms with Gasteiger partial charge in [-0.05, 0) is 42.5 Å². The van der Waals surface area contributed by atoms with Crippen LogP contribution in [0.3, 0.4) is 0 Å². The molecule has 6 heteroatoms. The molecule has 2 aromatic rings. The van der Waals surface area contributed by atoms with E-state index >= 15 is 0 Å². The highest BCUT2D eigenvalue weighted by Crippen LogP contribution is 2.24. The standard InChI is InChI=1S/C12H10Cl2N2OS/c13-10-4-3-8(6-11(10)14)16-12(18)15-7-9-2-1-5-17-9/h1-6H,7H2,(H2,15,16,18). The predicted molar refractivity (Wildman–Crippen MR) is 78.2 cm³/mol. The smallest absolute Gasteiger partial charge is 0.171 e. The maximum atomic E-state index is 5.90. The number of anilines is 1. The van der Waals surface area contributed by atoms with Crippen molar-refractivity contribution in [2.75, 3.05) is 5.32 Å². The van der Waals surface area contributed by atoms with Crippen LogP contribution in [0.5, 0.6) is 0 Å². The molecule has 0 saturated heterocycles. The van der Waals surface area contributed by atoms with E-state index in [1.54, 1.807) is 24.5 Å². The zero-order valence-electron chi connectivity index (χ0n) is 9.24. The van der Waals surface area contributed by atoms with Crippen LogP contribution in [0.15, 0.2) is 41.0 Å². The molecular formula is C12H10Cl2N2OS. The maximum absolute atomic E-state index is 5.90. The van der Waals surface area contributed by atoms with E-state index in [2.05, 4.69) is 10.6 Å². The summed E-state index contributed by atoms with van der Waals surface area (Å²) in [6.07, 6.45) is 1.62. The zero-order valence-corrected chi connectivity index (χ0v) is 11.6. The predicted octanol–water partition coefficient (Wildman–Crippen LogP) is 4.07. The van der Waals surface area contributed by atoms with Crippen LogP contribution in [0.1, 0.15) is 5.76 Å². The van der Waals surface area contributed by atoms with Gasteiger partial charge in [0.05, 0.1) is 22.9 Å². The lowest BCUT2D eigenvalue weighted by atomic mass is 10.3. The molecule has 0 amide bonds. The number of furan rings is 1. The van der Waals surface area contributed by atoms with E-state index in [1.165, 1.54) is 0 Å². The first-order chi connectivity index (χ1) is 8.65. The Morgan fingerprint density at radius 3 is 2.72 bits per heavy atom. The molecule has 1 aromatic heterocycles. The molecule has 0 aliphatic rings. The summed E-state index contributed by atoms with van der Waals surface area (Å²) in [6.45, 7) is 0.528. The third kappa shape index (κ3) is 3.63. The van der Waals surface area contributed by atoms with Crippen molar-refractivity contribution < 1.29 is 4.42 Å². The second-order valence-corrected chi connectivity index (χ2v) is 4.74. The third-order valence-electron chi connectivity index (χ3n) is 2.18. The second kappa shape index (κ2) is 6.09. The largest absolute Gasteiger partial charge is 0.467 e. The molecule has 0 saturated carbocycles. The number of rotatable bonds is 3. The van der Waals surface area contributed by atoms with Crippen molar-refractivity contribution in [3.63, 3.8) is 0 Å². The van der Waals surface area contributed by atoms with Crippen LogP contribution in [0.2, 0.25) is 10.0 Å². The van der Waals surface area contributed by atoms with Crippen molar-refractivity contribution in [2.45, 2.75) is 6.54 Å². The van der Waals surface area contributed by atoms with Crippen LogP contribution in [0.4, 0.5) is 5.69 Å².